The van der Waals surface area contributed by atoms with E-state index in [4.69, 9.17) is 15.2 Å². The number of rotatable bonds is 7. The first-order valence-corrected chi connectivity index (χ1v) is 10.2. The number of benzene rings is 2. The topological polar surface area (TPSA) is 72.1 Å². The van der Waals surface area contributed by atoms with Gasteiger partial charge in [-0.3, -0.25) is 4.90 Å². The van der Waals surface area contributed by atoms with E-state index in [1.807, 2.05) is 18.2 Å². The molecule has 1 unspecified atom stereocenters. The number of nitrogens with two attached hydrogens (primary N) is 1. The summed E-state index contributed by atoms with van der Waals surface area (Å²) < 4.78 is 10.6. The van der Waals surface area contributed by atoms with Gasteiger partial charge in [0.25, 0.3) is 0 Å². The van der Waals surface area contributed by atoms with E-state index < -0.39 is 0 Å². The lowest BCUT2D eigenvalue weighted by Crippen LogP contribution is -2.33. The van der Waals surface area contributed by atoms with Crippen LogP contribution in [0.2, 0.25) is 0 Å². The van der Waals surface area contributed by atoms with Gasteiger partial charge in [0.2, 0.25) is 0 Å². The van der Waals surface area contributed by atoms with Gasteiger partial charge in [-0.1, -0.05) is 31.2 Å². The van der Waals surface area contributed by atoms with Crippen LogP contribution in [0.4, 0.5) is 5.69 Å². The molecule has 0 bridgehead atoms. The maximum atomic E-state index is 6.04. The highest BCUT2D eigenvalue weighted by Gasteiger charge is 2.16. The molecule has 164 valence electrons. The SMILES string of the molecule is COc1ccc(NC(N)=NCc2ccc(CN3CCCC(C)C3)cc2)cc1OC.I. The molecule has 2 aromatic rings. The van der Waals surface area contributed by atoms with E-state index in [9.17, 15) is 0 Å². The highest BCUT2D eigenvalue weighted by atomic mass is 127. The van der Waals surface area contributed by atoms with Gasteiger partial charge in [0, 0.05) is 24.8 Å². The second-order valence-corrected chi connectivity index (χ2v) is 7.70. The van der Waals surface area contributed by atoms with Crippen molar-refractivity contribution in [2.75, 3.05) is 32.6 Å². The lowest BCUT2D eigenvalue weighted by Gasteiger charge is -2.30. The summed E-state index contributed by atoms with van der Waals surface area (Å²) in [5.74, 6) is 2.48. The molecule has 0 amide bonds. The zero-order chi connectivity index (χ0) is 20.6. The summed E-state index contributed by atoms with van der Waals surface area (Å²) in [6.45, 7) is 6.30. The van der Waals surface area contributed by atoms with Gasteiger partial charge in [0.15, 0.2) is 17.5 Å². The molecule has 2 aromatic carbocycles. The first-order valence-electron chi connectivity index (χ1n) is 10.2. The molecule has 1 fully saturated rings. The van der Waals surface area contributed by atoms with E-state index in [1.54, 1.807) is 14.2 Å². The largest absolute Gasteiger partial charge is 0.493 e. The van der Waals surface area contributed by atoms with Gasteiger partial charge < -0.3 is 20.5 Å². The Morgan fingerprint density at radius 3 is 2.47 bits per heavy atom. The fourth-order valence-electron chi connectivity index (χ4n) is 3.72. The Hall–Kier alpha value is -2.00. The van der Waals surface area contributed by atoms with Crippen molar-refractivity contribution in [3.63, 3.8) is 0 Å². The molecule has 1 saturated heterocycles. The molecule has 3 rings (SSSR count). The lowest BCUT2D eigenvalue weighted by atomic mass is 9.99. The number of anilines is 1. The molecule has 0 spiro atoms. The second-order valence-electron chi connectivity index (χ2n) is 7.70. The van der Waals surface area contributed by atoms with Gasteiger partial charge in [0.1, 0.15) is 0 Å². The van der Waals surface area contributed by atoms with Gasteiger partial charge in [-0.25, -0.2) is 4.99 Å². The predicted octanol–water partition coefficient (Wildman–Crippen LogP) is 4.48. The number of hydrogen-bond donors (Lipinski definition) is 2. The average molecular weight is 524 g/mol. The second kappa shape index (κ2) is 12.0. The Labute approximate surface area is 196 Å². The number of halogens is 1. The Kier molecular flexibility index (Phi) is 9.71. The molecule has 0 aliphatic carbocycles. The van der Waals surface area contributed by atoms with E-state index >= 15 is 0 Å². The van der Waals surface area contributed by atoms with E-state index in [1.165, 1.54) is 31.5 Å². The summed E-state index contributed by atoms with van der Waals surface area (Å²) in [4.78, 5) is 6.99. The number of likely N-dealkylation sites (tertiary alicyclic amines) is 1. The molecular formula is C23H33IN4O2. The number of guanidine groups is 1. The number of nitrogens with zero attached hydrogens (tertiary/aromatic N) is 2. The number of hydrogen-bond acceptors (Lipinski definition) is 4. The highest BCUT2D eigenvalue weighted by molar-refractivity contribution is 14.0. The standard InChI is InChI=1S/C23H32N4O2.HI/c1-17-5-4-12-27(15-17)16-19-8-6-18(7-9-19)14-25-23(24)26-20-10-11-21(28-2)22(13-20)29-3;/h6-11,13,17H,4-5,12,14-16H2,1-3H3,(H3,24,25,26);1H. The Balaban J connectivity index is 0.00000320. The number of piperidine rings is 1. The minimum Gasteiger partial charge on any atom is -0.493 e. The molecule has 1 atom stereocenters. The van der Waals surface area contributed by atoms with E-state index in [2.05, 4.69) is 46.4 Å². The third kappa shape index (κ3) is 7.05. The van der Waals surface area contributed by atoms with Crippen molar-refractivity contribution in [1.29, 1.82) is 0 Å². The fraction of sp³-hybridized carbons (Fsp3) is 0.435. The maximum absolute atomic E-state index is 6.04. The van der Waals surface area contributed by atoms with Gasteiger partial charge in [-0.15, -0.1) is 24.0 Å². The first-order chi connectivity index (χ1) is 14.1. The van der Waals surface area contributed by atoms with Gasteiger partial charge >= 0.3 is 0 Å². The lowest BCUT2D eigenvalue weighted by molar-refractivity contribution is 0.176. The van der Waals surface area contributed by atoms with Crippen LogP contribution in [0, 0.1) is 5.92 Å². The predicted molar refractivity (Wildman–Crippen MR) is 134 cm³/mol. The summed E-state index contributed by atoms with van der Waals surface area (Å²) in [6.07, 6.45) is 2.66. The molecule has 1 aliphatic rings. The maximum Gasteiger partial charge on any atom is 0.193 e. The number of methoxy groups -OCH3 is 2. The Morgan fingerprint density at radius 1 is 1.10 bits per heavy atom. The van der Waals surface area contributed by atoms with Crippen molar-refractivity contribution >= 4 is 35.6 Å². The molecule has 1 aliphatic heterocycles. The van der Waals surface area contributed by atoms with Crippen LogP contribution in [0.1, 0.15) is 30.9 Å². The summed E-state index contributed by atoms with van der Waals surface area (Å²) in [5, 5.41) is 3.09. The third-order valence-electron chi connectivity index (χ3n) is 5.26. The Bertz CT molecular complexity index is 826. The van der Waals surface area contributed by atoms with Crippen molar-refractivity contribution in [2.45, 2.75) is 32.9 Å². The van der Waals surface area contributed by atoms with Crippen LogP contribution in [0.3, 0.4) is 0 Å². The fourth-order valence-corrected chi connectivity index (χ4v) is 3.72. The van der Waals surface area contributed by atoms with Crippen LogP contribution in [0.25, 0.3) is 0 Å². The van der Waals surface area contributed by atoms with Crippen molar-refractivity contribution in [3.8, 4) is 11.5 Å². The van der Waals surface area contributed by atoms with Gasteiger partial charge in [0.05, 0.1) is 20.8 Å². The molecular weight excluding hydrogens is 491 g/mol. The zero-order valence-electron chi connectivity index (χ0n) is 18.1. The minimum atomic E-state index is 0. The van der Waals surface area contributed by atoms with E-state index in [0.717, 1.165) is 23.7 Å². The first kappa shape index (κ1) is 24.3. The summed E-state index contributed by atoms with van der Waals surface area (Å²) in [7, 11) is 3.22. The average Bonchev–Trinajstić information content (AvgIpc) is 2.73. The summed E-state index contributed by atoms with van der Waals surface area (Å²) in [6, 6.07) is 14.2. The Morgan fingerprint density at radius 2 is 1.80 bits per heavy atom. The molecule has 3 N–H and O–H groups in total. The van der Waals surface area contributed by atoms with Gasteiger partial charge in [-0.2, -0.15) is 0 Å². The quantitative estimate of drug-likeness (QED) is 0.318. The summed E-state index contributed by atoms with van der Waals surface area (Å²) in [5.41, 5.74) is 9.33. The molecule has 1 heterocycles. The van der Waals surface area contributed by atoms with Crippen LogP contribution in [0.15, 0.2) is 47.5 Å². The van der Waals surface area contributed by atoms with E-state index in [0.29, 0.717) is 24.0 Å². The molecule has 6 nitrogen and oxygen atoms in total. The zero-order valence-corrected chi connectivity index (χ0v) is 20.4. The minimum absolute atomic E-state index is 0. The van der Waals surface area contributed by atoms with Crippen molar-refractivity contribution in [2.24, 2.45) is 16.6 Å². The monoisotopic (exact) mass is 524 g/mol. The van der Waals surface area contributed by atoms with Gasteiger partial charge in [-0.05, 0) is 48.6 Å². The molecule has 0 saturated carbocycles. The van der Waals surface area contributed by atoms with Crippen LogP contribution < -0.4 is 20.5 Å². The van der Waals surface area contributed by atoms with Crippen molar-refractivity contribution in [1.82, 2.24) is 4.90 Å². The third-order valence-corrected chi connectivity index (χ3v) is 5.26. The van der Waals surface area contributed by atoms with Crippen LogP contribution in [-0.4, -0.2) is 38.2 Å². The normalized spacial score (nSPS) is 17.2. The number of aliphatic imine (C=N–C) groups is 1. The molecule has 7 heteroatoms. The van der Waals surface area contributed by atoms with E-state index in [-0.39, 0.29) is 24.0 Å². The molecule has 30 heavy (non-hydrogen) atoms. The summed E-state index contributed by atoms with van der Waals surface area (Å²) >= 11 is 0. The molecule has 0 radical (unpaired) electrons. The molecule has 0 aromatic heterocycles. The number of ether oxygens (including phenoxy) is 2. The smallest absolute Gasteiger partial charge is 0.193 e. The van der Waals surface area contributed by atoms with Crippen LogP contribution >= 0.6 is 24.0 Å². The van der Waals surface area contributed by atoms with Crippen LogP contribution in [0.5, 0.6) is 11.5 Å². The highest BCUT2D eigenvalue weighted by Crippen LogP contribution is 2.29. The van der Waals surface area contributed by atoms with Crippen LogP contribution in [-0.2, 0) is 13.1 Å². The van der Waals surface area contributed by atoms with Crippen molar-refractivity contribution in [3.05, 3.63) is 53.6 Å². The van der Waals surface area contributed by atoms with Crippen molar-refractivity contribution < 1.29 is 9.47 Å². The number of nitrogens with one attached hydrogen (secondary N) is 1.